The highest BCUT2D eigenvalue weighted by Crippen LogP contribution is 2.22. The zero-order valence-electron chi connectivity index (χ0n) is 26.4. The molecule has 1 fully saturated rings. The van der Waals surface area contributed by atoms with Crippen molar-refractivity contribution in [3.05, 3.63) is 70.5 Å². The Bertz CT molecular complexity index is 1300. The molecule has 2 aromatic carbocycles. The molecule has 0 saturated carbocycles. The Morgan fingerprint density at radius 1 is 1.05 bits per heavy atom. The third-order valence-corrected chi connectivity index (χ3v) is 7.59. The van der Waals surface area contributed by atoms with Crippen LogP contribution in [-0.4, -0.2) is 91.5 Å². The van der Waals surface area contributed by atoms with Gasteiger partial charge in [0.25, 0.3) is 5.91 Å². The number of halogens is 1. The van der Waals surface area contributed by atoms with E-state index in [0.29, 0.717) is 74.4 Å². The first-order valence-corrected chi connectivity index (χ1v) is 15.0. The number of piperidine rings is 1. The van der Waals surface area contributed by atoms with E-state index < -0.39 is 17.7 Å². The Balaban J connectivity index is 1.62. The first-order chi connectivity index (χ1) is 20.8. The van der Waals surface area contributed by atoms with Crippen molar-refractivity contribution >= 4 is 23.6 Å². The van der Waals surface area contributed by atoms with Crippen molar-refractivity contribution in [3.8, 4) is 0 Å². The van der Waals surface area contributed by atoms with E-state index in [1.165, 1.54) is 24.3 Å². The summed E-state index contributed by atoms with van der Waals surface area (Å²) in [5, 5.41) is 2.55. The number of benzene rings is 2. The number of hydrogen-bond acceptors (Lipinski definition) is 8. The van der Waals surface area contributed by atoms with E-state index in [9.17, 15) is 23.6 Å². The molecule has 0 radical (unpaired) electrons. The van der Waals surface area contributed by atoms with E-state index in [4.69, 9.17) is 15.2 Å². The van der Waals surface area contributed by atoms with Gasteiger partial charge in [-0.3, -0.25) is 14.4 Å². The van der Waals surface area contributed by atoms with E-state index in [-0.39, 0.29) is 35.8 Å². The van der Waals surface area contributed by atoms with Gasteiger partial charge in [0.2, 0.25) is 0 Å². The number of ether oxygens (including phenoxy) is 2. The lowest BCUT2D eigenvalue weighted by molar-refractivity contribution is 0.0496. The molecule has 3 N–H and O–H groups in total. The number of carbonyl (C=O) groups excluding carboxylic acids is 4. The minimum Gasteiger partial charge on any atom is -0.444 e. The summed E-state index contributed by atoms with van der Waals surface area (Å²) < 4.78 is 23.7. The van der Waals surface area contributed by atoms with Gasteiger partial charge in [-0.1, -0.05) is 6.07 Å². The van der Waals surface area contributed by atoms with E-state index in [0.717, 1.165) is 0 Å². The molecule has 1 heterocycles. The summed E-state index contributed by atoms with van der Waals surface area (Å²) in [5.41, 5.74) is 7.09. The first-order valence-electron chi connectivity index (χ1n) is 15.0. The molecule has 1 aliphatic heterocycles. The van der Waals surface area contributed by atoms with Gasteiger partial charge in [0.05, 0.1) is 12.6 Å². The summed E-state index contributed by atoms with van der Waals surface area (Å²) in [7, 11) is 1.57. The summed E-state index contributed by atoms with van der Waals surface area (Å²) in [4.78, 5) is 55.6. The highest BCUT2D eigenvalue weighted by atomic mass is 19.1. The van der Waals surface area contributed by atoms with Crippen LogP contribution in [0.15, 0.2) is 42.5 Å². The topological polar surface area (TPSA) is 131 Å². The maximum atomic E-state index is 13.7. The molecule has 2 aromatic rings. The second kappa shape index (κ2) is 15.9. The van der Waals surface area contributed by atoms with E-state index in [1.807, 2.05) is 0 Å². The number of nitrogens with one attached hydrogen (secondary N) is 1. The molecule has 11 heteroatoms. The smallest absolute Gasteiger partial charge is 0.408 e. The third-order valence-electron chi connectivity index (χ3n) is 7.59. The van der Waals surface area contributed by atoms with Gasteiger partial charge < -0.3 is 30.3 Å². The molecule has 2 amide bonds. The van der Waals surface area contributed by atoms with Crippen LogP contribution in [0.5, 0.6) is 0 Å². The SMILES string of the molecule is COCCN(CCN1CCC(C(=O)c2ccc(F)cc2)CC1)C(=O)c1ccc(C(=O)C(C)NC(=O)OC(C)(C)C)cc1CN. The van der Waals surface area contributed by atoms with E-state index >= 15 is 0 Å². The molecular formula is C33H45FN4O6. The monoisotopic (exact) mass is 612 g/mol. The van der Waals surface area contributed by atoms with Crippen LogP contribution in [-0.2, 0) is 16.0 Å². The molecule has 240 valence electrons. The zero-order valence-corrected chi connectivity index (χ0v) is 26.4. The van der Waals surface area contributed by atoms with Crippen molar-refractivity contribution in [3.63, 3.8) is 0 Å². The summed E-state index contributed by atoms with van der Waals surface area (Å²) >= 11 is 0. The molecule has 1 saturated heterocycles. The van der Waals surface area contributed by atoms with Gasteiger partial charge in [-0.05, 0) is 95.6 Å². The molecule has 0 aromatic heterocycles. The number of Topliss-reactive ketones (excluding diaryl/α,β-unsaturated/α-hetero) is 2. The normalized spacial score (nSPS) is 15.0. The molecular weight excluding hydrogens is 567 g/mol. The first kappa shape index (κ1) is 34.8. The molecule has 44 heavy (non-hydrogen) atoms. The number of nitrogens with zero attached hydrogens (tertiary/aromatic N) is 2. The fourth-order valence-corrected chi connectivity index (χ4v) is 5.14. The summed E-state index contributed by atoms with van der Waals surface area (Å²) in [6.07, 6.45) is 0.689. The van der Waals surface area contributed by atoms with Crippen LogP contribution in [0.25, 0.3) is 0 Å². The number of rotatable bonds is 13. The molecule has 0 spiro atoms. The number of methoxy groups -OCH3 is 1. The van der Waals surface area contributed by atoms with Gasteiger partial charge in [-0.15, -0.1) is 0 Å². The van der Waals surface area contributed by atoms with E-state index in [1.54, 1.807) is 57.9 Å². The van der Waals surface area contributed by atoms with Crippen LogP contribution in [0, 0.1) is 11.7 Å². The number of hydrogen-bond donors (Lipinski definition) is 2. The fraction of sp³-hybridized carbons (Fsp3) is 0.515. The van der Waals surface area contributed by atoms with Gasteiger partial charge in [-0.25, -0.2) is 9.18 Å². The van der Waals surface area contributed by atoms with Crippen molar-refractivity contribution in [1.82, 2.24) is 15.1 Å². The summed E-state index contributed by atoms with van der Waals surface area (Å²) in [5.74, 6) is -0.995. The van der Waals surface area contributed by atoms with Crippen LogP contribution in [0.1, 0.15) is 77.2 Å². The maximum Gasteiger partial charge on any atom is 0.408 e. The number of alkyl carbamates (subject to hydrolysis) is 1. The van der Waals surface area contributed by atoms with Crippen LogP contribution in [0.4, 0.5) is 9.18 Å². The summed E-state index contributed by atoms with van der Waals surface area (Å²) in [6, 6.07) is 9.60. The van der Waals surface area contributed by atoms with Gasteiger partial charge in [0.1, 0.15) is 11.4 Å². The highest BCUT2D eigenvalue weighted by molar-refractivity contribution is 6.03. The van der Waals surface area contributed by atoms with Crippen molar-refractivity contribution in [2.45, 2.75) is 58.7 Å². The van der Waals surface area contributed by atoms with Crippen LogP contribution in [0.3, 0.4) is 0 Å². The average molecular weight is 613 g/mol. The molecule has 3 rings (SSSR count). The number of likely N-dealkylation sites (tertiary alicyclic amines) is 1. The van der Waals surface area contributed by atoms with Gasteiger partial charge in [-0.2, -0.15) is 0 Å². The van der Waals surface area contributed by atoms with Gasteiger partial charge in [0, 0.05) is 55.9 Å². The van der Waals surface area contributed by atoms with Crippen molar-refractivity contribution in [2.75, 3.05) is 46.4 Å². The Morgan fingerprint density at radius 3 is 2.27 bits per heavy atom. The second-order valence-electron chi connectivity index (χ2n) is 12.1. The van der Waals surface area contributed by atoms with Crippen molar-refractivity contribution in [1.29, 1.82) is 0 Å². The number of ketones is 2. The minimum absolute atomic E-state index is 0.0350. The maximum absolute atomic E-state index is 13.7. The number of carbonyl (C=O) groups is 4. The molecule has 10 nitrogen and oxygen atoms in total. The minimum atomic E-state index is -0.842. The van der Waals surface area contributed by atoms with Crippen LogP contribution in [0.2, 0.25) is 0 Å². The predicted molar refractivity (Wildman–Crippen MR) is 165 cm³/mol. The predicted octanol–water partition coefficient (Wildman–Crippen LogP) is 4.06. The Hall–Kier alpha value is -3.67. The number of nitrogens with two attached hydrogens (primary N) is 1. The molecule has 1 unspecified atom stereocenters. The van der Waals surface area contributed by atoms with Gasteiger partial charge >= 0.3 is 6.09 Å². The average Bonchev–Trinajstić information content (AvgIpc) is 2.99. The third kappa shape index (κ3) is 9.93. The second-order valence-corrected chi connectivity index (χ2v) is 12.1. The van der Waals surface area contributed by atoms with Gasteiger partial charge in [0.15, 0.2) is 11.6 Å². The fourth-order valence-electron chi connectivity index (χ4n) is 5.14. The molecule has 0 aliphatic carbocycles. The molecule has 0 bridgehead atoms. The number of amides is 2. The van der Waals surface area contributed by atoms with Crippen LogP contribution >= 0.6 is 0 Å². The standard InChI is InChI=1S/C33H45FN4O6/c1-22(36-32(42)44-33(2,3)4)29(39)25-8-11-28(26(20-25)21-35)31(41)38(18-19-43-5)17-16-37-14-12-24(13-15-37)30(40)23-6-9-27(34)10-7-23/h6-11,20,22,24H,12-19,21,35H2,1-5H3,(H,36,42). The lowest BCUT2D eigenvalue weighted by Gasteiger charge is -2.33. The summed E-state index contributed by atoms with van der Waals surface area (Å²) in [6.45, 7) is 10.0. The largest absolute Gasteiger partial charge is 0.444 e. The van der Waals surface area contributed by atoms with Crippen molar-refractivity contribution in [2.24, 2.45) is 11.7 Å². The Morgan fingerprint density at radius 2 is 1.68 bits per heavy atom. The molecule has 1 aliphatic rings. The highest BCUT2D eigenvalue weighted by Gasteiger charge is 2.28. The Labute approximate surface area is 259 Å². The Kier molecular flexibility index (Phi) is 12.6. The lowest BCUT2D eigenvalue weighted by Crippen LogP contribution is -2.44. The molecule has 1 atom stereocenters. The van der Waals surface area contributed by atoms with Crippen molar-refractivity contribution < 1.29 is 33.0 Å². The quantitative estimate of drug-likeness (QED) is 0.324. The zero-order chi connectivity index (χ0) is 32.4. The lowest BCUT2D eigenvalue weighted by atomic mass is 9.89. The van der Waals surface area contributed by atoms with E-state index in [2.05, 4.69) is 10.2 Å². The van der Waals surface area contributed by atoms with Crippen LogP contribution < -0.4 is 11.1 Å².